The number of hydrogen-bond donors (Lipinski definition) is 0. The Morgan fingerprint density at radius 1 is 1.00 bits per heavy atom. The van der Waals surface area contributed by atoms with Gasteiger partial charge in [-0.2, -0.15) is 0 Å². The molecule has 0 aliphatic heterocycles. The van der Waals surface area contributed by atoms with Gasteiger partial charge < -0.3 is 0 Å². The summed E-state index contributed by atoms with van der Waals surface area (Å²) >= 11 is 6.24. The number of carbonyl (C=O) groups is 1. The van der Waals surface area contributed by atoms with E-state index in [0.29, 0.717) is 10.6 Å². The molecule has 0 atom stereocenters. The van der Waals surface area contributed by atoms with Crippen LogP contribution in [0.15, 0.2) is 48.5 Å². The first-order valence-corrected chi connectivity index (χ1v) is 6.67. The molecule has 0 amide bonds. The SMILES string of the molecule is CC(C)(C)C(=O)c1ccc(Cl)c(-c2ccccc2)c1. The van der Waals surface area contributed by atoms with Crippen LogP contribution in [0.25, 0.3) is 11.1 Å². The first-order valence-electron chi connectivity index (χ1n) is 6.29. The fraction of sp³-hybridized carbons (Fsp3) is 0.235. The van der Waals surface area contributed by atoms with E-state index < -0.39 is 0 Å². The lowest BCUT2D eigenvalue weighted by Crippen LogP contribution is -2.20. The molecule has 0 fully saturated rings. The second-order valence-corrected chi connectivity index (χ2v) is 6.05. The van der Waals surface area contributed by atoms with Crippen LogP contribution in [0.5, 0.6) is 0 Å². The lowest BCUT2D eigenvalue weighted by molar-refractivity contribution is 0.0858. The molecule has 2 aromatic carbocycles. The molecule has 2 heteroatoms. The predicted molar refractivity (Wildman–Crippen MR) is 80.7 cm³/mol. The Balaban J connectivity index is 2.50. The monoisotopic (exact) mass is 272 g/mol. The number of Topliss-reactive ketones (excluding diaryl/α,β-unsaturated/α-hetero) is 1. The van der Waals surface area contributed by atoms with Crippen molar-refractivity contribution in [1.82, 2.24) is 0 Å². The number of ketones is 1. The molecule has 0 saturated carbocycles. The molecule has 0 spiro atoms. The van der Waals surface area contributed by atoms with Crippen LogP contribution in [-0.2, 0) is 0 Å². The first-order chi connectivity index (χ1) is 8.89. The van der Waals surface area contributed by atoms with Crippen LogP contribution < -0.4 is 0 Å². The third kappa shape index (κ3) is 3.05. The van der Waals surface area contributed by atoms with Gasteiger partial charge in [-0.05, 0) is 23.8 Å². The van der Waals surface area contributed by atoms with Crippen molar-refractivity contribution in [1.29, 1.82) is 0 Å². The van der Waals surface area contributed by atoms with Gasteiger partial charge in [0.05, 0.1) is 0 Å². The number of carbonyl (C=O) groups excluding carboxylic acids is 1. The van der Waals surface area contributed by atoms with E-state index in [2.05, 4.69) is 0 Å². The highest BCUT2D eigenvalue weighted by atomic mass is 35.5. The van der Waals surface area contributed by atoms with Gasteiger partial charge in [0.1, 0.15) is 0 Å². The number of rotatable bonds is 2. The summed E-state index contributed by atoms with van der Waals surface area (Å²) in [5.74, 6) is 0.126. The Labute approximate surface area is 119 Å². The van der Waals surface area contributed by atoms with E-state index in [-0.39, 0.29) is 11.2 Å². The third-order valence-electron chi connectivity index (χ3n) is 2.99. The van der Waals surface area contributed by atoms with Gasteiger partial charge in [0.25, 0.3) is 0 Å². The molecule has 0 aromatic heterocycles. The van der Waals surface area contributed by atoms with Crippen molar-refractivity contribution < 1.29 is 4.79 Å². The molecule has 1 nitrogen and oxygen atoms in total. The van der Waals surface area contributed by atoms with Gasteiger partial charge in [0, 0.05) is 21.6 Å². The highest BCUT2D eigenvalue weighted by molar-refractivity contribution is 6.33. The van der Waals surface area contributed by atoms with Gasteiger partial charge >= 0.3 is 0 Å². The maximum absolute atomic E-state index is 12.3. The number of benzene rings is 2. The average Bonchev–Trinajstić information content (AvgIpc) is 2.38. The minimum atomic E-state index is -0.387. The summed E-state index contributed by atoms with van der Waals surface area (Å²) in [5, 5.41) is 0.664. The highest BCUT2D eigenvalue weighted by Gasteiger charge is 2.23. The van der Waals surface area contributed by atoms with Gasteiger partial charge in [0.2, 0.25) is 0 Å². The molecule has 0 N–H and O–H groups in total. The summed E-state index contributed by atoms with van der Waals surface area (Å²) in [6.45, 7) is 5.77. The topological polar surface area (TPSA) is 17.1 Å². The van der Waals surface area contributed by atoms with Crippen molar-refractivity contribution in [3.8, 4) is 11.1 Å². The Kier molecular flexibility index (Phi) is 3.77. The van der Waals surface area contributed by atoms with E-state index in [0.717, 1.165) is 11.1 Å². The Hall–Kier alpha value is -1.60. The predicted octanol–water partition coefficient (Wildman–Crippen LogP) is 5.24. The Morgan fingerprint density at radius 3 is 2.21 bits per heavy atom. The van der Waals surface area contributed by atoms with E-state index in [9.17, 15) is 4.79 Å². The van der Waals surface area contributed by atoms with E-state index in [1.54, 1.807) is 12.1 Å². The smallest absolute Gasteiger partial charge is 0.168 e. The van der Waals surface area contributed by atoms with Crippen LogP contribution in [0.2, 0.25) is 5.02 Å². The van der Waals surface area contributed by atoms with Crippen LogP contribution in [0.3, 0.4) is 0 Å². The molecule has 0 aliphatic carbocycles. The first kappa shape index (κ1) is 13.8. The molecule has 0 saturated heterocycles. The quantitative estimate of drug-likeness (QED) is 0.684. The van der Waals surface area contributed by atoms with Gasteiger partial charge in [-0.3, -0.25) is 4.79 Å². The van der Waals surface area contributed by atoms with E-state index in [1.165, 1.54) is 0 Å². The summed E-state index contributed by atoms with van der Waals surface area (Å²) in [7, 11) is 0. The van der Waals surface area contributed by atoms with Crippen molar-refractivity contribution in [2.45, 2.75) is 20.8 Å². The normalized spacial score (nSPS) is 11.4. The zero-order valence-electron chi connectivity index (χ0n) is 11.4. The van der Waals surface area contributed by atoms with Crippen LogP contribution in [0, 0.1) is 5.41 Å². The highest BCUT2D eigenvalue weighted by Crippen LogP contribution is 2.31. The molecule has 0 bridgehead atoms. The lowest BCUT2D eigenvalue weighted by atomic mass is 9.85. The largest absolute Gasteiger partial charge is 0.294 e. The summed E-state index contributed by atoms with van der Waals surface area (Å²) in [5.41, 5.74) is 2.24. The standard InChI is InChI=1S/C17H17ClO/c1-17(2,3)16(19)13-9-10-15(18)14(11-13)12-7-5-4-6-8-12/h4-11H,1-3H3. The molecule has 2 rings (SSSR count). The Morgan fingerprint density at radius 2 is 1.63 bits per heavy atom. The van der Waals surface area contributed by atoms with Gasteiger partial charge in [0.15, 0.2) is 5.78 Å². The fourth-order valence-electron chi connectivity index (χ4n) is 1.94. The van der Waals surface area contributed by atoms with Crippen LogP contribution in [0.4, 0.5) is 0 Å². The molecule has 0 aliphatic rings. The number of hydrogen-bond acceptors (Lipinski definition) is 1. The van der Waals surface area contributed by atoms with Crippen molar-refractivity contribution in [3.05, 3.63) is 59.1 Å². The van der Waals surface area contributed by atoms with E-state index >= 15 is 0 Å². The number of halogens is 1. The van der Waals surface area contributed by atoms with Crippen LogP contribution in [-0.4, -0.2) is 5.78 Å². The minimum Gasteiger partial charge on any atom is -0.294 e. The van der Waals surface area contributed by atoms with Gasteiger partial charge in [-0.25, -0.2) is 0 Å². The summed E-state index contributed by atoms with van der Waals surface area (Å²) in [4.78, 5) is 12.3. The second-order valence-electron chi connectivity index (χ2n) is 5.64. The summed E-state index contributed by atoms with van der Waals surface area (Å²) in [6, 6.07) is 15.3. The van der Waals surface area contributed by atoms with Gasteiger partial charge in [-0.15, -0.1) is 0 Å². The molecule has 0 radical (unpaired) electrons. The summed E-state index contributed by atoms with van der Waals surface area (Å²) in [6.07, 6.45) is 0. The molecule has 0 heterocycles. The average molecular weight is 273 g/mol. The van der Waals surface area contributed by atoms with E-state index in [1.807, 2.05) is 57.2 Å². The fourth-order valence-corrected chi connectivity index (χ4v) is 2.17. The van der Waals surface area contributed by atoms with Crippen molar-refractivity contribution in [2.24, 2.45) is 5.41 Å². The third-order valence-corrected chi connectivity index (χ3v) is 3.32. The molecule has 0 unspecified atom stereocenters. The van der Waals surface area contributed by atoms with E-state index in [4.69, 9.17) is 11.6 Å². The lowest BCUT2D eigenvalue weighted by Gasteiger charge is -2.17. The zero-order valence-corrected chi connectivity index (χ0v) is 12.2. The zero-order chi connectivity index (χ0) is 14.0. The van der Waals surface area contributed by atoms with Crippen molar-refractivity contribution >= 4 is 17.4 Å². The molecule has 2 aromatic rings. The Bertz CT molecular complexity index is 594. The van der Waals surface area contributed by atoms with Crippen molar-refractivity contribution in [3.63, 3.8) is 0 Å². The molecular weight excluding hydrogens is 256 g/mol. The maximum atomic E-state index is 12.3. The van der Waals surface area contributed by atoms with Crippen LogP contribution >= 0.6 is 11.6 Å². The molecule has 98 valence electrons. The molecular formula is C17H17ClO. The second kappa shape index (κ2) is 5.18. The van der Waals surface area contributed by atoms with Crippen molar-refractivity contribution in [2.75, 3.05) is 0 Å². The van der Waals surface area contributed by atoms with Gasteiger partial charge in [-0.1, -0.05) is 62.7 Å². The summed E-state index contributed by atoms with van der Waals surface area (Å²) < 4.78 is 0. The van der Waals surface area contributed by atoms with Crippen LogP contribution in [0.1, 0.15) is 31.1 Å². The maximum Gasteiger partial charge on any atom is 0.168 e. The minimum absolute atomic E-state index is 0.126. The molecule has 19 heavy (non-hydrogen) atoms.